The Labute approximate surface area is 77.5 Å². The molecule has 0 aromatic carbocycles. The van der Waals surface area contributed by atoms with Crippen molar-refractivity contribution in [1.82, 2.24) is 4.90 Å². The number of rotatable bonds is 5. The maximum Gasteiger partial charge on any atom is 0.0157 e. The van der Waals surface area contributed by atoms with Crippen LogP contribution in [0.25, 0.3) is 0 Å². The van der Waals surface area contributed by atoms with Crippen molar-refractivity contribution < 1.29 is 0 Å². The Morgan fingerprint density at radius 1 is 1.25 bits per heavy atom. The summed E-state index contributed by atoms with van der Waals surface area (Å²) in [6, 6.07) is 0. The molecule has 0 aliphatic rings. The van der Waals surface area contributed by atoms with Gasteiger partial charge in [-0.05, 0) is 25.9 Å². The Hall–Kier alpha value is -0.300. The summed E-state index contributed by atoms with van der Waals surface area (Å²) in [4.78, 5) is 2.18. The van der Waals surface area contributed by atoms with Crippen LogP contribution in [0.5, 0.6) is 0 Å². The van der Waals surface area contributed by atoms with Crippen molar-refractivity contribution in [2.75, 3.05) is 20.6 Å². The molecular weight excluding hydrogens is 146 g/mol. The predicted octanol–water partition coefficient (Wildman–Crippen LogP) is 2.79. The molecule has 12 heavy (non-hydrogen) atoms. The zero-order valence-corrected chi connectivity index (χ0v) is 9.17. The van der Waals surface area contributed by atoms with E-state index in [2.05, 4.69) is 51.9 Å². The third-order valence-corrected chi connectivity index (χ3v) is 2.45. The molecule has 72 valence electrons. The predicted molar refractivity (Wildman–Crippen MR) is 56.3 cm³/mol. The van der Waals surface area contributed by atoms with Gasteiger partial charge in [0.25, 0.3) is 0 Å². The normalized spacial score (nSPS) is 17.2. The zero-order valence-electron chi connectivity index (χ0n) is 9.17. The summed E-state index contributed by atoms with van der Waals surface area (Å²) in [5, 5.41) is 0. The molecule has 2 atom stereocenters. The molecule has 0 spiro atoms. The van der Waals surface area contributed by atoms with Crippen LogP contribution in [0.2, 0.25) is 0 Å². The highest BCUT2D eigenvalue weighted by Gasteiger charge is 2.04. The molecule has 0 heterocycles. The van der Waals surface area contributed by atoms with Crippen molar-refractivity contribution in [2.24, 2.45) is 11.8 Å². The summed E-state index contributed by atoms with van der Waals surface area (Å²) >= 11 is 0. The lowest BCUT2D eigenvalue weighted by Crippen LogP contribution is -2.11. The zero-order chi connectivity index (χ0) is 9.56. The second kappa shape index (κ2) is 6.24. The van der Waals surface area contributed by atoms with Crippen LogP contribution in [0.15, 0.2) is 12.2 Å². The van der Waals surface area contributed by atoms with Crippen molar-refractivity contribution in [1.29, 1.82) is 0 Å². The molecule has 1 nitrogen and oxygen atoms in total. The fourth-order valence-corrected chi connectivity index (χ4v) is 1.05. The van der Waals surface area contributed by atoms with Gasteiger partial charge in [0.05, 0.1) is 0 Å². The number of likely N-dealkylation sites (N-methyl/N-ethyl adjacent to an activating group) is 1. The van der Waals surface area contributed by atoms with E-state index in [0.29, 0.717) is 0 Å². The van der Waals surface area contributed by atoms with E-state index >= 15 is 0 Å². The summed E-state index contributed by atoms with van der Waals surface area (Å²) < 4.78 is 0. The molecule has 0 N–H and O–H groups in total. The molecule has 0 aromatic rings. The number of hydrogen-bond acceptors (Lipinski definition) is 1. The summed E-state index contributed by atoms with van der Waals surface area (Å²) in [6.45, 7) is 7.91. The standard InChI is InChI=1S/C11H23N/c1-6-10(2)11(3)8-7-9-12(4)5/h7-8,10-11H,6,9H2,1-5H3. The molecule has 0 saturated carbocycles. The van der Waals surface area contributed by atoms with E-state index in [0.717, 1.165) is 18.4 Å². The minimum absolute atomic E-state index is 0.718. The highest BCUT2D eigenvalue weighted by atomic mass is 15.0. The first-order chi connectivity index (χ1) is 5.57. The quantitative estimate of drug-likeness (QED) is 0.572. The first-order valence-corrected chi connectivity index (χ1v) is 4.89. The fraction of sp³-hybridized carbons (Fsp3) is 0.818. The van der Waals surface area contributed by atoms with Crippen LogP contribution < -0.4 is 0 Å². The van der Waals surface area contributed by atoms with Crippen LogP contribution in [0, 0.1) is 11.8 Å². The number of allylic oxidation sites excluding steroid dienone is 1. The van der Waals surface area contributed by atoms with Crippen LogP contribution in [-0.2, 0) is 0 Å². The highest BCUT2D eigenvalue weighted by Crippen LogP contribution is 2.15. The summed E-state index contributed by atoms with van der Waals surface area (Å²) in [6.07, 6.45) is 5.86. The third-order valence-electron chi connectivity index (χ3n) is 2.45. The lowest BCUT2D eigenvalue weighted by Gasteiger charge is -2.14. The van der Waals surface area contributed by atoms with Gasteiger partial charge in [-0.1, -0.05) is 39.3 Å². The summed E-state index contributed by atoms with van der Waals surface area (Å²) in [5.41, 5.74) is 0. The van der Waals surface area contributed by atoms with Crippen LogP contribution in [0.4, 0.5) is 0 Å². The largest absolute Gasteiger partial charge is 0.306 e. The van der Waals surface area contributed by atoms with E-state index in [-0.39, 0.29) is 0 Å². The Morgan fingerprint density at radius 3 is 2.25 bits per heavy atom. The van der Waals surface area contributed by atoms with Gasteiger partial charge in [-0.25, -0.2) is 0 Å². The molecule has 0 aliphatic heterocycles. The highest BCUT2D eigenvalue weighted by molar-refractivity contribution is 4.89. The number of nitrogens with zero attached hydrogens (tertiary/aromatic N) is 1. The van der Waals surface area contributed by atoms with E-state index in [9.17, 15) is 0 Å². The van der Waals surface area contributed by atoms with Gasteiger partial charge in [0, 0.05) is 6.54 Å². The first kappa shape index (κ1) is 11.7. The van der Waals surface area contributed by atoms with E-state index < -0.39 is 0 Å². The van der Waals surface area contributed by atoms with Gasteiger partial charge in [0.15, 0.2) is 0 Å². The molecular formula is C11H23N. The van der Waals surface area contributed by atoms with Crippen molar-refractivity contribution >= 4 is 0 Å². The van der Waals surface area contributed by atoms with Crippen LogP contribution in [0.3, 0.4) is 0 Å². The fourth-order valence-electron chi connectivity index (χ4n) is 1.05. The van der Waals surface area contributed by atoms with Gasteiger partial charge in [-0.2, -0.15) is 0 Å². The van der Waals surface area contributed by atoms with Crippen LogP contribution in [-0.4, -0.2) is 25.5 Å². The van der Waals surface area contributed by atoms with E-state index in [1.54, 1.807) is 0 Å². The van der Waals surface area contributed by atoms with Gasteiger partial charge >= 0.3 is 0 Å². The summed E-state index contributed by atoms with van der Waals surface area (Å²) in [7, 11) is 4.19. The molecule has 0 aromatic heterocycles. The molecule has 0 aliphatic carbocycles. The molecule has 2 unspecified atom stereocenters. The average molecular weight is 169 g/mol. The first-order valence-electron chi connectivity index (χ1n) is 4.89. The van der Waals surface area contributed by atoms with Crippen LogP contribution >= 0.6 is 0 Å². The number of hydrogen-bond donors (Lipinski definition) is 0. The molecule has 0 bridgehead atoms. The molecule has 0 rings (SSSR count). The van der Waals surface area contributed by atoms with Crippen molar-refractivity contribution in [3.8, 4) is 0 Å². The molecule has 0 fully saturated rings. The van der Waals surface area contributed by atoms with E-state index in [1.807, 2.05) is 0 Å². The van der Waals surface area contributed by atoms with Crippen molar-refractivity contribution in [3.05, 3.63) is 12.2 Å². The van der Waals surface area contributed by atoms with Gasteiger partial charge in [-0.15, -0.1) is 0 Å². The smallest absolute Gasteiger partial charge is 0.0157 e. The maximum atomic E-state index is 2.33. The minimum atomic E-state index is 0.718. The Balaban J connectivity index is 3.67. The van der Waals surface area contributed by atoms with E-state index in [4.69, 9.17) is 0 Å². The van der Waals surface area contributed by atoms with Gasteiger partial charge < -0.3 is 4.90 Å². The monoisotopic (exact) mass is 169 g/mol. The Kier molecular flexibility index (Phi) is 6.09. The minimum Gasteiger partial charge on any atom is -0.306 e. The Bertz CT molecular complexity index is 127. The van der Waals surface area contributed by atoms with Crippen molar-refractivity contribution in [3.63, 3.8) is 0 Å². The van der Waals surface area contributed by atoms with E-state index in [1.165, 1.54) is 6.42 Å². The lowest BCUT2D eigenvalue weighted by atomic mass is 9.93. The topological polar surface area (TPSA) is 3.24 Å². The lowest BCUT2D eigenvalue weighted by molar-refractivity contribution is 0.434. The van der Waals surface area contributed by atoms with Crippen molar-refractivity contribution in [2.45, 2.75) is 27.2 Å². The molecule has 0 radical (unpaired) electrons. The maximum absolute atomic E-state index is 2.33. The third kappa shape index (κ3) is 5.36. The van der Waals surface area contributed by atoms with Gasteiger partial charge in [0.2, 0.25) is 0 Å². The van der Waals surface area contributed by atoms with Crippen LogP contribution in [0.1, 0.15) is 27.2 Å². The molecule has 0 saturated heterocycles. The van der Waals surface area contributed by atoms with Gasteiger partial charge in [0.1, 0.15) is 0 Å². The SMILES string of the molecule is CCC(C)C(C)C=CCN(C)C. The van der Waals surface area contributed by atoms with Gasteiger partial charge in [-0.3, -0.25) is 0 Å². The average Bonchev–Trinajstić information content (AvgIpc) is 2.02. The second-order valence-corrected chi connectivity index (χ2v) is 3.94. The second-order valence-electron chi connectivity index (χ2n) is 3.94. The Morgan fingerprint density at radius 2 is 1.83 bits per heavy atom. The summed E-state index contributed by atoms with van der Waals surface area (Å²) in [5.74, 6) is 1.53. The molecule has 0 amide bonds. The molecule has 1 heteroatoms.